The average Bonchev–Trinajstić information content (AvgIpc) is 2.39. The molecule has 0 spiro atoms. The van der Waals surface area contributed by atoms with Crippen LogP contribution >= 0.6 is 0 Å². The average molecular weight is 286 g/mol. The van der Waals surface area contributed by atoms with E-state index in [-0.39, 0.29) is 17.9 Å². The van der Waals surface area contributed by atoms with Crippen molar-refractivity contribution >= 4 is 11.9 Å². The highest BCUT2D eigenvalue weighted by Crippen LogP contribution is 2.04. The molecule has 0 aliphatic carbocycles. The van der Waals surface area contributed by atoms with Gasteiger partial charge in [0.05, 0.1) is 13.2 Å². The van der Waals surface area contributed by atoms with Crippen molar-refractivity contribution in [3.05, 3.63) is 0 Å². The first-order chi connectivity index (χ1) is 9.46. The molecule has 20 heavy (non-hydrogen) atoms. The zero-order valence-electron chi connectivity index (χ0n) is 13.6. The van der Waals surface area contributed by atoms with Crippen LogP contribution in [0.25, 0.3) is 0 Å². The fraction of sp³-hybridized carbons (Fsp3) is 0.867. The summed E-state index contributed by atoms with van der Waals surface area (Å²) in [4.78, 5) is 27.3. The lowest BCUT2D eigenvalue weighted by Crippen LogP contribution is -2.38. The smallest absolute Gasteiger partial charge is 0.320 e. The molecule has 0 atom stereocenters. The monoisotopic (exact) mass is 286 g/mol. The summed E-state index contributed by atoms with van der Waals surface area (Å²) in [5.41, 5.74) is 0. The summed E-state index contributed by atoms with van der Waals surface area (Å²) in [6, 6.07) is 0.267. The Balaban J connectivity index is 4.15. The van der Waals surface area contributed by atoms with Crippen LogP contribution in [0.5, 0.6) is 0 Å². The fourth-order valence-corrected chi connectivity index (χ4v) is 2.06. The van der Waals surface area contributed by atoms with E-state index in [1.807, 2.05) is 37.5 Å². The van der Waals surface area contributed by atoms with Crippen LogP contribution in [0.1, 0.15) is 47.5 Å². The van der Waals surface area contributed by atoms with Gasteiger partial charge in [-0.05, 0) is 47.6 Å². The van der Waals surface area contributed by atoms with E-state index in [2.05, 4.69) is 0 Å². The minimum atomic E-state index is -0.198. The Morgan fingerprint density at radius 2 is 1.70 bits per heavy atom. The third kappa shape index (κ3) is 7.48. The number of carbonyl (C=O) groups excluding carboxylic acids is 2. The predicted octanol–water partition coefficient (Wildman–Crippen LogP) is 1.91. The highest BCUT2D eigenvalue weighted by molar-refractivity contribution is 5.76. The molecule has 5 heteroatoms. The van der Waals surface area contributed by atoms with Gasteiger partial charge in [0.15, 0.2) is 0 Å². The van der Waals surface area contributed by atoms with Gasteiger partial charge in [0.1, 0.15) is 0 Å². The van der Waals surface area contributed by atoms with Gasteiger partial charge in [0, 0.05) is 25.6 Å². The van der Waals surface area contributed by atoms with Gasteiger partial charge in [-0.3, -0.25) is 14.5 Å². The van der Waals surface area contributed by atoms with E-state index in [9.17, 15) is 9.59 Å². The largest absolute Gasteiger partial charge is 0.465 e. The van der Waals surface area contributed by atoms with Gasteiger partial charge in [0.2, 0.25) is 5.91 Å². The van der Waals surface area contributed by atoms with Crippen LogP contribution in [0.15, 0.2) is 0 Å². The first-order valence-electron chi connectivity index (χ1n) is 7.63. The molecule has 0 bridgehead atoms. The topological polar surface area (TPSA) is 49.9 Å². The zero-order chi connectivity index (χ0) is 15.5. The van der Waals surface area contributed by atoms with E-state index in [1.165, 1.54) is 0 Å². The Labute approximate surface area is 123 Å². The second-order valence-electron chi connectivity index (χ2n) is 5.04. The Bertz CT molecular complexity index is 289. The molecule has 0 N–H and O–H groups in total. The van der Waals surface area contributed by atoms with E-state index < -0.39 is 0 Å². The summed E-state index contributed by atoms with van der Waals surface area (Å²) in [6.07, 6.45) is 1.31. The van der Waals surface area contributed by atoms with Crippen LogP contribution in [0.3, 0.4) is 0 Å². The highest BCUT2D eigenvalue weighted by atomic mass is 16.5. The third-order valence-electron chi connectivity index (χ3n) is 3.32. The van der Waals surface area contributed by atoms with E-state index in [0.717, 1.165) is 26.1 Å². The highest BCUT2D eigenvalue weighted by Gasteiger charge is 2.16. The molecule has 0 heterocycles. The predicted molar refractivity (Wildman–Crippen MR) is 80.5 cm³/mol. The van der Waals surface area contributed by atoms with Crippen molar-refractivity contribution in [1.29, 1.82) is 0 Å². The molecule has 0 radical (unpaired) electrons. The summed E-state index contributed by atoms with van der Waals surface area (Å²) in [5.74, 6) is -0.00823. The maximum Gasteiger partial charge on any atom is 0.320 e. The van der Waals surface area contributed by atoms with Gasteiger partial charge < -0.3 is 9.64 Å². The van der Waals surface area contributed by atoms with E-state index in [0.29, 0.717) is 19.6 Å². The lowest BCUT2D eigenvalue weighted by Gasteiger charge is -2.25. The quantitative estimate of drug-likeness (QED) is 0.576. The molecule has 0 aromatic heterocycles. The van der Waals surface area contributed by atoms with E-state index in [4.69, 9.17) is 4.74 Å². The number of rotatable bonds is 10. The van der Waals surface area contributed by atoms with Gasteiger partial charge in [-0.1, -0.05) is 0 Å². The molecule has 0 aliphatic heterocycles. The summed E-state index contributed by atoms with van der Waals surface area (Å²) in [7, 11) is 0. The molecule has 0 saturated carbocycles. The molecular formula is C15H30N2O3. The van der Waals surface area contributed by atoms with Gasteiger partial charge >= 0.3 is 5.97 Å². The van der Waals surface area contributed by atoms with E-state index >= 15 is 0 Å². The molecule has 1 amide bonds. The van der Waals surface area contributed by atoms with Crippen LogP contribution in [-0.4, -0.2) is 60.5 Å². The number of amides is 1. The maximum absolute atomic E-state index is 11.9. The van der Waals surface area contributed by atoms with Crippen LogP contribution in [0.4, 0.5) is 0 Å². The van der Waals surface area contributed by atoms with Gasteiger partial charge in [0.25, 0.3) is 0 Å². The number of hydrogen-bond acceptors (Lipinski definition) is 4. The van der Waals surface area contributed by atoms with Crippen molar-refractivity contribution in [2.75, 3.05) is 32.8 Å². The number of ether oxygens (including phenoxy) is 1. The van der Waals surface area contributed by atoms with Gasteiger partial charge in [-0.2, -0.15) is 0 Å². The van der Waals surface area contributed by atoms with Gasteiger partial charge in [-0.25, -0.2) is 0 Å². The Morgan fingerprint density at radius 1 is 1.10 bits per heavy atom. The summed E-state index contributed by atoms with van der Waals surface area (Å²) in [5, 5.41) is 0. The Kier molecular flexibility index (Phi) is 10.1. The minimum Gasteiger partial charge on any atom is -0.465 e. The SMILES string of the molecule is CCOC(=O)CN(CCCC(=O)N(CC)CC)C(C)C. The molecule has 0 unspecified atom stereocenters. The Hall–Kier alpha value is -1.10. The van der Waals surface area contributed by atoms with Gasteiger partial charge in [-0.15, -0.1) is 0 Å². The summed E-state index contributed by atoms with van der Waals surface area (Å²) < 4.78 is 4.97. The lowest BCUT2D eigenvalue weighted by molar-refractivity contribution is -0.144. The molecule has 0 aromatic carbocycles. The number of carbonyl (C=O) groups is 2. The standard InChI is InChI=1S/C15H30N2O3/c1-6-16(7-2)14(18)10-9-11-17(13(4)5)12-15(19)20-8-3/h13H,6-12H2,1-5H3. The summed E-state index contributed by atoms with van der Waals surface area (Å²) in [6.45, 7) is 12.8. The normalized spacial score (nSPS) is 10.9. The van der Waals surface area contributed by atoms with Crippen LogP contribution in [0, 0.1) is 0 Å². The van der Waals surface area contributed by atoms with Crippen molar-refractivity contribution in [3.8, 4) is 0 Å². The molecular weight excluding hydrogens is 256 g/mol. The molecule has 118 valence electrons. The van der Waals surface area contributed by atoms with Crippen molar-refractivity contribution in [2.24, 2.45) is 0 Å². The van der Waals surface area contributed by atoms with Crippen molar-refractivity contribution in [3.63, 3.8) is 0 Å². The molecule has 0 aliphatic rings. The number of esters is 1. The Morgan fingerprint density at radius 3 is 2.15 bits per heavy atom. The zero-order valence-corrected chi connectivity index (χ0v) is 13.6. The van der Waals surface area contributed by atoms with Crippen LogP contribution in [-0.2, 0) is 14.3 Å². The fourth-order valence-electron chi connectivity index (χ4n) is 2.06. The second kappa shape index (κ2) is 10.7. The van der Waals surface area contributed by atoms with Crippen molar-refractivity contribution in [2.45, 2.75) is 53.5 Å². The number of hydrogen-bond donors (Lipinski definition) is 0. The third-order valence-corrected chi connectivity index (χ3v) is 3.32. The first-order valence-corrected chi connectivity index (χ1v) is 7.63. The summed E-state index contributed by atoms with van der Waals surface area (Å²) >= 11 is 0. The molecule has 5 nitrogen and oxygen atoms in total. The molecule has 0 fully saturated rings. The van der Waals surface area contributed by atoms with Crippen LogP contribution < -0.4 is 0 Å². The van der Waals surface area contributed by atoms with Crippen molar-refractivity contribution in [1.82, 2.24) is 9.80 Å². The molecule has 0 aromatic rings. The van der Waals surface area contributed by atoms with Crippen molar-refractivity contribution < 1.29 is 14.3 Å². The first kappa shape index (κ1) is 18.9. The minimum absolute atomic E-state index is 0.190. The maximum atomic E-state index is 11.9. The van der Waals surface area contributed by atoms with E-state index in [1.54, 1.807) is 6.92 Å². The molecule has 0 rings (SSSR count). The second-order valence-corrected chi connectivity index (χ2v) is 5.04. The van der Waals surface area contributed by atoms with Crippen LogP contribution in [0.2, 0.25) is 0 Å². The number of nitrogens with zero attached hydrogens (tertiary/aromatic N) is 2. The molecule has 0 saturated heterocycles. The lowest BCUT2D eigenvalue weighted by atomic mass is 10.2.